The summed E-state index contributed by atoms with van der Waals surface area (Å²) in [7, 11) is 0. The van der Waals surface area contributed by atoms with Gasteiger partial charge in [0.15, 0.2) is 11.6 Å². The Hall–Kier alpha value is -3.17. The minimum absolute atomic E-state index is 0.108. The minimum Gasteiger partial charge on any atom is -0.379 e. The van der Waals surface area contributed by atoms with Crippen LogP contribution in [-0.4, -0.2) is 62.9 Å². The van der Waals surface area contributed by atoms with Crippen LogP contribution in [0.3, 0.4) is 0 Å². The van der Waals surface area contributed by atoms with Crippen molar-refractivity contribution in [1.82, 2.24) is 24.6 Å². The quantitative estimate of drug-likeness (QED) is 0.499. The summed E-state index contributed by atoms with van der Waals surface area (Å²) < 4.78 is 21.7. The molecule has 3 aromatic heterocycles. The minimum atomic E-state index is -0.429. The van der Waals surface area contributed by atoms with E-state index in [1.807, 2.05) is 6.07 Å². The van der Waals surface area contributed by atoms with E-state index in [2.05, 4.69) is 27.2 Å². The molecule has 1 saturated heterocycles. The first-order valence-corrected chi connectivity index (χ1v) is 13.8. The molecule has 0 aromatic carbocycles. The number of pyridine rings is 2. The fourth-order valence-electron chi connectivity index (χ4n) is 6.02. The molecule has 0 spiro atoms. The van der Waals surface area contributed by atoms with Crippen molar-refractivity contribution in [1.29, 1.82) is 0 Å². The summed E-state index contributed by atoms with van der Waals surface area (Å²) in [5.74, 6) is 0.243. The van der Waals surface area contributed by atoms with E-state index in [0.29, 0.717) is 34.8 Å². The van der Waals surface area contributed by atoms with Crippen molar-refractivity contribution in [2.45, 2.75) is 70.3 Å². The summed E-state index contributed by atoms with van der Waals surface area (Å²) in [5.41, 5.74) is 4.69. The maximum Gasteiger partial charge on any atom is 0.259 e. The van der Waals surface area contributed by atoms with Gasteiger partial charge in [0.1, 0.15) is 0 Å². The third kappa shape index (κ3) is 5.09. The highest BCUT2D eigenvalue weighted by Gasteiger charge is 2.29. The predicted molar refractivity (Wildman–Crippen MR) is 142 cm³/mol. The summed E-state index contributed by atoms with van der Waals surface area (Å²) in [6.07, 6.45) is 11.7. The van der Waals surface area contributed by atoms with Gasteiger partial charge >= 0.3 is 0 Å². The molecule has 0 radical (unpaired) electrons. The number of rotatable bonds is 6. The molecule has 1 N–H and O–H groups in total. The van der Waals surface area contributed by atoms with E-state index in [0.717, 1.165) is 68.8 Å². The second-order valence-corrected chi connectivity index (χ2v) is 10.9. The summed E-state index contributed by atoms with van der Waals surface area (Å²) in [6, 6.07) is 4.18. The first-order chi connectivity index (χ1) is 18.5. The molecule has 8 nitrogen and oxygen atoms in total. The third-order valence-corrected chi connectivity index (χ3v) is 8.37. The maximum atomic E-state index is 14.8. The molecule has 3 aromatic rings. The molecule has 3 aliphatic rings. The zero-order chi connectivity index (χ0) is 26.2. The van der Waals surface area contributed by atoms with Crippen molar-refractivity contribution in [3.05, 3.63) is 64.6 Å². The molecule has 2 aliphatic carbocycles. The van der Waals surface area contributed by atoms with Crippen molar-refractivity contribution in [3.63, 3.8) is 0 Å². The number of morpholine rings is 1. The molecule has 0 bridgehead atoms. The Morgan fingerprint density at radius 2 is 1.71 bits per heavy atom. The molecule has 1 aliphatic heterocycles. The Morgan fingerprint density at radius 1 is 0.974 bits per heavy atom. The van der Waals surface area contributed by atoms with Crippen LogP contribution < -0.4 is 5.32 Å². The molecule has 0 atom stereocenters. The van der Waals surface area contributed by atoms with Gasteiger partial charge in [0.05, 0.1) is 42.6 Å². The van der Waals surface area contributed by atoms with E-state index < -0.39 is 5.82 Å². The summed E-state index contributed by atoms with van der Waals surface area (Å²) in [4.78, 5) is 24.7. The fourth-order valence-corrected chi connectivity index (χ4v) is 6.02. The lowest BCUT2D eigenvalue weighted by molar-refractivity contribution is 0.00720. The monoisotopic (exact) mass is 518 g/mol. The van der Waals surface area contributed by atoms with E-state index in [1.54, 1.807) is 19.3 Å². The lowest BCUT2D eigenvalue weighted by Crippen LogP contribution is -2.44. The van der Waals surface area contributed by atoms with Gasteiger partial charge in [-0.25, -0.2) is 14.1 Å². The van der Waals surface area contributed by atoms with Crippen LogP contribution in [0.25, 0.3) is 5.82 Å². The number of ether oxygens (including phenoxy) is 1. The van der Waals surface area contributed by atoms with Crippen LogP contribution in [0.2, 0.25) is 0 Å². The Balaban J connectivity index is 1.10. The van der Waals surface area contributed by atoms with E-state index >= 15 is 0 Å². The second-order valence-electron chi connectivity index (χ2n) is 10.9. The topological polar surface area (TPSA) is 85.2 Å². The predicted octanol–water partition coefficient (Wildman–Crippen LogP) is 4.91. The Labute approximate surface area is 222 Å². The summed E-state index contributed by atoms with van der Waals surface area (Å²) in [6.45, 7) is 7.58. The highest BCUT2D eigenvalue weighted by atomic mass is 19.1. The van der Waals surface area contributed by atoms with Crippen LogP contribution in [0.15, 0.2) is 30.7 Å². The van der Waals surface area contributed by atoms with Gasteiger partial charge in [-0.05, 0) is 81.5 Å². The number of nitrogens with one attached hydrogen (secondary N) is 1. The van der Waals surface area contributed by atoms with E-state index in [-0.39, 0.29) is 11.7 Å². The van der Waals surface area contributed by atoms with E-state index in [9.17, 15) is 9.18 Å². The largest absolute Gasteiger partial charge is 0.379 e. The van der Waals surface area contributed by atoms with Gasteiger partial charge in [-0.15, -0.1) is 0 Å². The van der Waals surface area contributed by atoms with Crippen LogP contribution in [0.1, 0.15) is 83.2 Å². The van der Waals surface area contributed by atoms with Gasteiger partial charge in [-0.3, -0.25) is 14.7 Å². The Bertz CT molecular complexity index is 1320. The average molecular weight is 519 g/mol. The molecular formula is C29H35FN6O2. The molecule has 6 rings (SSSR count). The number of aryl methyl sites for hydroxylation is 1. The molecule has 3 fully saturated rings. The van der Waals surface area contributed by atoms with Crippen LogP contribution in [-0.2, 0) is 4.74 Å². The van der Waals surface area contributed by atoms with Crippen molar-refractivity contribution in [3.8, 4) is 5.82 Å². The smallest absolute Gasteiger partial charge is 0.259 e. The SMILES string of the molecule is Cc1cc(NC(=O)c2cnn(-c3ncc(C4CC4)cc3F)c2C)cnc1C1CCC(N2CCOCC2)CC1. The zero-order valence-electron chi connectivity index (χ0n) is 22.1. The van der Waals surface area contributed by atoms with Crippen molar-refractivity contribution in [2.75, 3.05) is 31.6 Å². The highest BCUT2D eigenvalue weighted by Crippen LogP contribution is 2.40. The van der Waals surface area contributed by atoms with Crippen molar-refractivity contribution >= 4 is 11.6 Å². The molecular weight excluding hydrogens is 483 g/mol. The van der Waals surface area contributed by atoms with Gasteiger partial charge in [0.2, 0.25) is 0 Å². The van der Waals surface area contributed by atoms with E-state index in [1.165, 1.54) is 29.8 Å². The summed E-state index contributed by atoms with van der Waals surface area (Å²) >= 11 is 0. The number of hydrogen-bond acceptors (Lipinski definition) is 6. The van der Waals surface area contributed by atoms with Crippen molar-refractivity contribution in [2.24, 2.45) is 0 Å². The molecule has 1 amide bonds. The number of amides is 1. The normalized spacial score (nSPS) is 22.4. The van der Waals surface area contributed by atoms with Crippen molar-refractivity contribution < 1.29 is 13.9 Å². The first kappa shape index (κ1) is 25.1. The molecule has 38 heavy (non-hydrogen) atoms. The van der Waals surface area contributed by atoms with Crippen LogP contribution in [0.4, 0.5) is 10.1 Å². The van der Waals surface area contributed by atoms with Gasteiger partial charge in [0.25, 0.3) is 5.91 Å². The van der Waals surface area contributed by atoms with Gasteiger partial charge in [-0.1, -0.05) is 0 Å². The first-order valence-electron chi connectivity index (χ1n) is 13.8. The average Bonchev–Trinajstić information content (AvgIpc) is 3.71. The molecule has 4 heterocycles. The van der Waals surface area contributed by atoms with Crippen LogP contribution in [0, 0.1) is 19.7 Å². The number of hydrogen-bond donors (Lipinski definition) is 1. The number of aromatic nitrogens is 4. The number of halogens is 1. The number of anilines is 1. The Morgan fingerprint density at radius 3 is 2.39 bits per heavy atom. The third-order valence-electron chi connectivity index (χ3n) is 8.37. The molecule has 0 unspecified atom stereocenters. The maximum absolute atomic E-state index is 14.8. The lowest BCUT2D eigenvalue weighted by Gasteiger charge is -2.38. The fraction of sp³-hybridized carbons (Fsp3) is 0.517. The number of carbonyl (C=O) groups is 1. The van der Waals surface area contributed by atoms with E-state index in [4.69, 9.17) is 9.72 Å². The second kappa shape index (κ2) is 10.5. The van der Waals surface area contributed by atoms with Crippen LogP contribution in [0.5, 0.6) is 0 Å². The van der Waals surface area contributed by atoms with Gasteiger partial charge < -0.3 is 10.1 Å². The molecule has 200 valence electrons. The van der Waals surface area contributed by atoms with Gasteiger partial charge in [-0.2, -0.15) is 5.10 Å². The molecule has 9 heteroatoms. The molecule has 2 saturated carbocycles. The Kier molecular flexibility index (Phi) is 6.97. The number of nitrogens with zero attached hydrogens (tertiary/aromatic N) is 5. The lowest BCUT2D eigenvalue weighted by atomic mass is 9.82. The zero-order valence-corrected chi connectivity index (χ0v) is 22.1. The standard InChI is InChI=1S/C29H35FN6O2/c1-18-13-23(16-31-27(18)21-5-7-24(8-6-21)35-9-11-38-12-10-35)34-29(37)25-17-33-36(19(25)2)28-26(30)14-22(15-32-28)20-3-4-20/h13-17,20-21,24H,3-12H2,1-2H3,(H,34,37). The summed E-state index contributed by atoms with van der Waals surface area (Å²) in [5, 5.41) is 7.20. The highest BCUT2D eigenvalue weighted by molar-refractivity contribution is 6.04. The van der Waals surface area contributed by atoms with Gasteiger partial charge in [0, 0.05) is 36.9 Å². The number of carbonyl (C=O) groups excluding carboxylic acids is 1. The van der Waals surface area contributed by atoms with Crippen LogP contribution >= 0.6 is 0 Å².